The third-order valence-corrected chi connectivity index (χ3v) is 6.69. The summed E-state index contributed by atoms with van der Waals surface area (Å²) in [6.45, 7) is 7.43. The molecule has 0 bridgehead atoms. The number of anilines is 2. The predicted octanol–water partition coefficient (Wildman–Crippen LogP) is 5.10. The van der Waals surface area contributed by atoms with Crippen molar-refractivity contribution in [1.29, 1.82) is 0 Å². The standard InChI is InChI=1S/C26H28N2O5S/c1-6-8-19-15-20(16-23(32-4)25(19)33-5)26(29)27-21-11-13-22(14-12-21)34(30,31)28-24-17(2)9-7-10-18(24)3/h6-7,9-16,28H,1,8H2,2-5H3,(H,27,29). The molecule has 0 aliphatic rings. The highest BCUT2D eigenvalue weighted by molar-refractivity contribution is 7.92. The van der Waals surface area contributed by atoms with E-state index in [9.17, 15) is 13.2 Å². The normalized spacial score (nSPS) is 10.9. The predicted molar refractivity (Wildman–Crippen MR) is 135 cm³/mol. The summed E-state index contributed by atoms with van der Waals surface area (Å²) in [6.07, 6.45) is 2.21. The Morgan fingerprint density at radius 1 is 1.00 bits per heavy atom. The van der Waals surface area contributed by atoms with E-state index in [2.05, 4.69) is 16.6 Å². The summed E-state index contributed by atoms with van der Waals surface area (Å²) in [4.78, 5) is 13.0. The fraction of sp³-hybridized carbons (Fsp3) is 0.192. The Morgan fingerprint density at radius 2 is 1.65 bits per heavy atom. The van der Waals surface area contributed by atoms with Crippen LogP contribution in [0.25, 0.3) is 0 Å². The molecule has 1 amide bonds. The molecule has 0 saturated carbocycles. The number of para-hydroxylation sites is 1. The summed E-state index contributed by atoms with van der Waals surface area (Å²) in [7, 11) is -0.747. The van der Waals surface area contributed by atoms with Crippen molar-refractivity contribution in [3.63, 3.8) is 0 Å². The molecule has 0 heterocycles. The van der Waals surface area contributed by atoms with Crippen molar-refractivity contribution in [3.8, 4) is 11.5 Å². The number of amides is 1. The number of nitrogens with one attached hydrogen (secondary N) is 2. The second-order valence-corrected chi connectivity index (χ2v) is 9.40. The van der Waals surface area contributed by atoms with E-state index in [1.54, 1.807) is 30.3 Å². The molecule has 0 unspecified atom stereocenters. The van der Waals surface area contributed by atoms with Crippen molar-refractivity contribution in [2.75, 3.05) is 24.3 Å². The maximum Gasteiger partial charge on any atom is 0.261 e. The number of allylic oxidation sites excluding steroid dienone is 1. The van der Waals surface area contributed by atoms with Crippen LogP contribution in [0.15, 0.2) is 72.1 Å². The van der Waals surface area contributed by atoms with Crippen LogP contribution in [-0.2, 0) is 16.4 Å². The van der Waals surface area contributed by atoms with Gasteiger partial charge in [0.25, 0.3) is 15.9 Å². The number of benzene rings is 3. The molecule has 3 aromatic carbocycles. The lowest BCUT2D eigenvalue weighted by Crippen LogP contribution is -2.15. The number of aryl methyl sites for hydroxylation is 2. The van der Waals surface area contributed by atoms with Crippen LogP contribution in [0, 0.1) is 13.8 Å². The maximum atomic E-state index is 12.9. The van der Waals surface area contributed by atoms with Crippen LogP contribution < -0.4 is 19.5 Å². The van der Waals surface area contributed by atoms with Crippen LogP contribution in [0.2, 0.25) is 0 Å². The van der Waals surface area contributed by atoms with Crippen molar-refractivity contribution < 1.29 is 22.7 Å². The van der Waals surface area contributed by atoms with Gasteiger partial charge in [-0.25, -0.2) is 8.42 Å². The van der Waals surface area contributed by atoms with Crippen LogP contribution in [0.5, 0.6) is 11.5 Å². The van der Waals surface area contributed by atoms with E-state index < -0.39 is 10.0 Å². The summed E-state index contributed by atoms with van der Waals surface area (Å²) in [6, 6.07) is 14.9. The molecule has 3 aromatic rings. The number of carbonyl (C=O) groups is 1. The molecule has 0 atom stereocenters. The zero-order chi connectivity index (χ0) is 24.9. The number of rotatable bonds is 9. The van der Waals surface area contributed by atoms with E-state index in [0.29, 0.717) is 34.9 Å². The average molecular weight is 481 g/mol. The molecule has 0 fully saturated rings. The van der Waals surface area contributed by atoms with Gasteiger partial charge in [-0.05, 0) is 67.8 Å². The van der Waals surface area contributed by atoms with Gasteiger partial charge in [0.15, 0.2) is 11.5 Å². The molecular weight excluding hydrogens is 452 g/mol. The molecule has 0 radical (unpaired) electrons. The van der Waals surface area contributed by atoms with Gasteiger partial charge >= 0.3 is 0 Å². The Kier molecular flexibility index (Phi) is 7.63. The maximum absolute atomic E-state index is 12.9. The van der Waals surface area contributed by atoms with Gasteiger partial charge in [0.1, 0.15) is 0 Å². The van der Waals surface area contributed by atoms with Gasteiger partial charge in [-0.2, -0.15) is 0 Å². The molecular formula is C26H28N2O5S. The Hall–Kier alpha value is -3.78. The number of hydrogen-bond acceptors (Lipinski definition) is 5. The van der Waals surface area contributed by atoms with Crippen molar-refractivity contribution in [2.45, 2.75) is 25.2 Å². The minimum Gasteiger partial charge on any atom is -0.493 e. The largest absolute Gasteiger partial charge is 0.493 e. The zero-order valence-corrected chi connectivity index (χ0v) is 20.5. The minimum atomic E-state index is -3.79. The topological polar surface area (TPSA) is 93.7 Å². The first-order chi connectivity index (χ1) is 16.2. The van der Waals surface area contributed by atoms with Crippen LogP contribution >= 0.6 is 0 Å². The fourth-order valence-electron chi connectivity index (χ4n) is 3.57. The first-order valence-electron chi connectivity index (χ1n) is 10.6. The molecule has 34 heavy (non-hydrogen) atoms. The molecule has 0 aliphatic carbocycles. The van der Waals surface area contributed by atoms with Gasteiger partial charge in [0.2, 0.25) is 0 Å². The molecule has 7 nitrogen and oxygen atoms in total. The molecule has 178 valence electrons. The number of methoxy groups -OCH3 is 2. The lowest BCUT2D eigenvalue weighted by atomic mass is 10.0. The fourth-order valence-corrected chi connectivity index (χ4v) is 4.77. The van der Waals surface area contributed by atoms with Crippen LogP contribution in [-0.4, -0.2) is 28.5 Å². The Bertz CT molecular complexity index is 1300. The first kappa shape index (κ1) is 24.9. The Labute approximate surface area is 200 Å². The van der Waals surface area contributed by atoms with Gasteiger partial charge in [-0.1, -0.05) is 24.3 Å². The molecule has 0 aliphatic heterocycles. The van der Waals surface area contributed by atoms with Crippen molar-refractivity contribution in [3.05, 3.63) is 89.5 Å². The van der Waals surface area contributed by atoms with Crippen molar-refractivity contribution >= 4 is 27.3 Å². The summed E-state index contributed by atoms with van der Waals surface area (Å²) >= 11 is 0. The summed E-state index contributed by atoms with van der Waals surface area (Å²) in [5.74, 6) is 0.617. The van der Waals surface area contributed by atoms with Crippen LogP contribution in [0.3, 0.4) is 0 Å². The number of carbonyl (C=O) groups excluding carboxylic acids is 1. The zero-order valence-electron chi connectivity index (χ0n) is 19.6. The van der Waals surface area contributed by atoms with Gasteiger partial charge in [-0.3, -0.25) is 9.52 Å². The van der Waals surface area contributed by atoms with E-state index in [4.69, 9.17) is 9.47 Å². The van der Waals surface area contributed by atoms with E-state index in [1.165, 1.54) is 26.4 Å². The average Bonchev–Trinajstić information content (AvgIpc) is 2.81. The SMILES string of the molecule is C=CCc1cc(C(=O)Nc2ccc(S(=O)(=O)Nc3c(C)cccc3C)cc2)cc(OC)c1OC. The summed E-state index contributed by atoms with van der Waals surface area (Å²) in [5.41, 5.74) is 3.82. The molecule has 3 rings (SSSR count). The molecule has 0 spiro atoms. The lowest BCUT2D eigenvalue weighted by Gasteiger charge is -2.15. The third-order valence-electron chi connectivity index (χ3n) is 5.32. The van der Waals surface area contributed by atoms with E-state index in [1.807, 2.05) is 32.0 Å². The van der Waals surface area contributed by atoms with Gasteiger partial charge < -0.3 is 14.8 Å². The van der Waals surface area contributed by atoms with Crippen molar-refractivity contribution in [1.82, 2.24) is 0 Å². The number of ether oxygens (including phenoxy) is 2. The number of hydrogen-bond donors (Lipinski definition) is 2. The quantitative estimate of drug-likeness (QED) is 0.416. The van der Waals surface area contributed by atoms with Gasteiger partial charge in [-0.15, -0.1) is 6.58 Å². The highest BCUT2D eigenvalue weighted by atomic mass is 32.2. The smallest absolute Gasteiger partial charge is 0.261 e. The highest BCUT2D eigenvalue weighted by Crippen LogP contribution is 2.33. The molecule has 0 saturated heterocycles. The molecule has 8 heteroatoms. The van der Waals surface area contributed by atoms with Gasteiger partial charge in [0.05, 0.1) is 24.8 Å². The highest BCUT2D eigenvalue weighted by Gasteiger charge is 2.18. The lowest BCUT2D eigenvalue weighted by molar-refractivity contribution is 0.102. The number of sulfonamides is 1. The van der Waals surface area contributed by atoms with Crippen molar-refractivity contribution in [2.24, 2.45) is 0 Å². The summed E-state index contributed by atoms with van der Waals surface area (Å²) in [5, 5.41) is 2.79. The Balaban J connectivity index is 1.81. The molecule has 2 N–H and O–H groups in total. The van der Waals surface area contributed by atoms with E-state index >= 15 is 0 Å². The monoisotopic (exact) mass is 480 g/mol. The van der Waals surface area contributed by atoms with Crippen LogP contribution in [0.4, 0.5) is 11.4 Å². The molecule has 0 aromatic heterocycles. The van der Waals surface area contributed by atoms with Crippen LogP contribution in [0.1, 0.15) is 27.0 Å². The minimum absolute atomic E-state index is 0.0903. The van der Waals surface area contributed by atoms with E-state index in [-0.39, 0.29) is 10.8 Å². The second kappa shape index (κ2) is 10.4. The first-order valence-corrected chi connectivity index (χ1v) is 12.0. The third kappa shape index (κ3) is 5.40. The second-order valence-electron chi connectivity index (χ2n) is 7.71. The Morgan fingerprint density at radius 3 is 2.21 bits per heavy atom. The summed E-state index contributed by atoms with van der Waals surface area (Å²) < 4.78 is 39.1. The van der Waals surface area contributed by atoms with E-state index in [0.717, 1.165) is 16.7 Å². The van der Waals surface area contributed by atoms with Gasteiger partial charge in [0, 0.05) is 16.8 Å².